The number of alkyl carbamates (subject to hydrolysis) is 1. The second kappa shape index (κ2) is 9.18. The fraction of sp³-hybridized carbons (Fsp3) is 0.556. The van der Waals surface area contributed by atoms with Crippen molar-refractivity contribution in [3.63, 3.8) is 0 Å². The summed E-state index contributed by atoms with van der Waals surface area (Å²) in [6.07, 6.45) is 0.480. The van der Waals surface area contributed by atoms with Gasteiger partial charge in [0.1, 0.15) is 5.60 Å². The lowest BCUT2D eigenvalue weighted by atomic mass is 9.96. The number of carbonyl (C=O) groups is 2. The van der Waals surface area contributed by atoms with E-state index in [-0.39, 0.29) is 18.3 Å². The first-order valence-electron chi connectivity index (χ1n) is 7.96. The van der Waals surface area contributed by atoms with Gasteiger partial charge in [-0.1, -0.05) is 30.3 Å². The van der Waals surface area contributed by atoms with Crippen LogP contribution in [0.5, 0.6) is 0 Å². The van der Waals surface area contributed by atoms with Crippen LogP contribution in [0, 0.1) is 5.92 Å². The van der Waals surface area contributed by atoms with Gasteiger partial charge in [-0.05, 0) is 45.6 Å². The summed E-state index contributed by atoms with van der Waals surface area (Å²) in [5.74, 6) is -0.289. The van der Waals surface area contributed by atoms with E-state index in [1.54, 1.807) is 6.92 Å². The van der Waals surface area contributed by atoms with Crippen LogP contribution in [0.25, 0.3) is 0 Å². The Balaban J connectivity index is 2.60. The molecule has 1 amide bonds. The Kier molecular flexibility index (Phi) is 7.59. The minimum Gasteiger partial charge on any atom is -0.466 e. The predicted octanol–water partition coefficient (Wildman–Crippen LogP) is 3.32. The van der Waals surface area contributed by atoms with E-state index in [1.165, 1.54) is 0 Å². The molecule has 5 nitrogen and oxygen atoms in total. The van der Waals surface area contributed by atoms with Crippen molar-refractivity contribution in [1.82, 2.24) is 5.32 Å². The Morgan fingerprint density at radius 1 is 1.17 bits per heavy atom. The second-order valence-corrected chi connectivity index (χ2v) is 6.45. The van der Waals surface area contributed by atoms with Crippen LogP contribution in [0.15, 0.2) is 30.3 Å². The first kappa shape index (κ1) is 19.0. The average Bonchev–Trinajstić information content (AvgIpc) is 2.44. The van der Waals surface area contributed by atoms with Gasteiger partial charge in [-0.2, -0.15) is 0 Å². The number of rotatable bonds is 7. The molecule has 0 spiro atoms. The smallest absolute Gasteiger partial charge is 0.407 e. The summed E-state index contributed by atoms with van der Waals surface area (Å²) >= 11 is 0. The maximum absolute atomic E-state index is 11.8. The molecule has 1 N–H and O–H groups in total. The maximum Gasteiger partial charge on any atom is 0.407 e. The number of hydrogen-bond donors (Lipinski definition) is 1. The van der Waals surface area contributed by atoms with E-state index >= 15 is 0 Å². The molecule has 0 saturated carbocycles. The molecular formula is C18H27NO4. The van der Waals surface area contributed by atoms with Gasteiger partial charge in [0, 0.05) is 6.54 Å². The van der Waals surface area contributed by atoms with Gasteiger partial charge in [0.15, 0.2) is 0 Å². The highest BCUT2D eigenvalue weighted by atomic mass is 16.6. The molecule has 0 aliphatic heterocycles. The molecule has 0 radical (unpaired) electrons. The zero-order valence-electron chi connectivity index (χ0n) is 14.4. The van der Waals surface area contributed by atoms with Crippen molar-refractivity contribution in [1.29, 1.82) is 0 Å². The van der Waals surface area contributed by atoms with Crippen molar-refractivity contribution >= 4 is 12.1 Å². The minimum absolute atomic E-state index is 0.0380. The number of amides is 1. The molecule has 0 fully saturated rings. The monoisotopic (exact) mass is 321 g/mol. The van der Waals surface area contributed by atoms with Crippen LogP contribution in [0.3, 0.4) is 0 Å². The second-order valence-electron chi connectivity index (χ2n) is 6.45. The maximum atomic E-state index is 11.8. The Hall–Kier alpha value is -2.04. The van der Waals surface area contributed by atoms with Gasteiger partial charge in [0.05, 0.1) is 13.0 Å². The Labute approximate surface area is 138 Å². The Morgan fingerprint density at radius 3 is 2.39 bits per heavy atom. The Bertz CT molecular complexity index is 493. The summed E-state index contributed by atoms with van der Waals surface area (Å²) in [4.78, 5) is 23.5. The molecule has 0 aromatic heterocycles. The summed E-state index contributed by atoms with van der Waals surface area (Å²) < 4.78 is 10.2. The quantitative estimate of drug-likeness (QED) is 0.782. The predicted molar refractivity (Wildman–Crippen MR) is 89.1 cm³/mol. The summed E-state index contributed by atoms with van der Waals surface area (Å²) in [6.45, 7) is 7.94. The van der Waals surface area contributed by atoms with Crippen LogP contribution in [0.1, 0.15) is 39.7 Å². The molecule has 1 rings (SSSR count). The number of ether oxygens (including phenoxy) is 2. The summed E-state index contributed by atoms with van der Waals surface area (Å²) in [5.41, 5.74) is 0.577. The van der Waals surface area contributed by atoms with Gasteiger partial charge < -0.3 is 14.8 Å². The summed E-state index contributed by atoms with van der Waals surface area (Å²) in [6, 6.07) is 9.87. The number of nitrogens with one attached hydrogen (secondary N) is 1. The minimum atomic E-state index is -0.542. The third-order valence-electron chi connectivity index (χ3n) is 3.06. The number of hydrogen-bond acceptors (Lipinski definition) is 4. The van der Waals surface area contributed by atoms with E-state index in [0.717, 1.165) is 5.56 Å². The lowest BCUT2D eigenvalue weighted by Crippen LogP contribution is -2.36. The molecule has 23 heavy (non-hydrogen) atoms. The molecule has 0 bridgehead atoms. The number of benzene rings is 1. The van der Waals surface area contributed by atoms with Gasteiger partial charge in [0.2, 0.25) is 0 Å². The molecular weight excluding hydrogens is 294 g/mol. The van der Waals surface area contributed by atoms with Gasteiger partial charge >= 0.3 is 12.1 Å². The van der Waals surface area contributed by atoms with E-state index in [1.807, 2.05) is 51.1 Å². The van der Waals surface area contributed by atoms with Gasteiger partial charge in [-0.25, -0.2) is 4.79 Å². The lowest BCUT2D eigenvalue weighted by molar-refractivity contribution is -0.144. The van der Waals surface area contributed by atoms with Crippen molar-refractivity contribution < 1.29 is 19.1 Å². The molecule has 128 valence electrons. The standard InChI is InChI=1S/C18H27NO4/c1-5-22-16(20)12-15(11-14-9-7-6-8-10-14)13-19-17(21)23-18(2,3)4/h6-10,15H,5,11-13H2,1-4H3,(H,19,21)/t15-/m1/s1. The first-order chi connectivity index (χ1) is 10.8. The first-order valence-corrected chi connectivity index (χ1v) is 7.96. The fourth-order valence-corrected chi connectivity index (χ4v) is 2.16. The van der Waals surface area contributed by atoms with Crippen molar-refractivity contribution in [3.8, 4) is 0 Å². The molecule has 0 aliphatic carbocycles. The Morgan fingerprint density at radius 2 is 1.83 bits per heavy atom. The zero-order chi connectivity index (χ0) is 17.3. The molecule has 1 atom stereocenters. The van der Waals surface area contributed by atoms with Crippen LogP contribution in [0.4, 0.5) is 4.79 Å². The molecule has 0 saturated heterocycles. The summed E-state index contributed by atoms with van der Waals surface area (Å²) in [7, 11) is 0. The third-order valence-corrected chi connectivity index (χ3v) is 3.06. The van der Waals surface area contributed by atoms with Crippen LogP contribution in [-0.2, 0) is 20.7 Å². The third kappa shape index (κ3) is 8.86. The van der Waals surface area contributed by atoms with Gasteiger partial charge in [-0.15, -0.1) is 0 Å². The van der Waals surface area contributed by atoms with E-state index in [0.29, 0.717) is 19.6 Å². The number of carbonyl (C=O) groups excluding carboxylic acids is 2. The van der Waals surface area contributed by atoms with E-state index < -0.39 is 11.7 Å². The average molecular weight is 321 g/mol. The molecule has 0 unspecified atom stereocenters. The molecule has 5 heteroatoms. The molecule has 1 aromatic carbocycles. The van der Waals surface area contributed by atoms with Gasteiger partial charge in [-0.3, -0.25) is 4.79 Å². The van der Waals surface area contributed by atoms with E-state index in [4.69, 9.17) is 9.47 Å². The van der Waals surface area contributed by atoms with Crippen LogP contribution in [0.2, 0.25) is 0 Å². The van der Waals surface area contributed by atoms with Crippen molar-refractivity contribution in [3.05, 3.63) is 35.9 Å². The topological polar surface area (TPSA) is 64.6 Å². The highest BCUT2D eigenvalue weighted by molar-refractivity contribution is 5.70. The van der Waals surface area contributed by atoms with Crippen LogP contribution >= 0.6 is 0 Å². The zero-order valence-corrected chi connectivity index (χ0v) is 14.4. The molecule has 1 aromatic rings. The highest BCUT2D eigenvalue weighted by Gasteiger charge is 2.20. The van der Waals surface area contributed by atoms with Crippen LogP contribution < -0.4 is 5.32 Å². The highest BCUT2D eigenvalue weighted by Crippen LogP contribution is 2.13. The van der Waals surface area contributed by atoms with Crippen molar-refractivity contribution in [2.24, 2.45) is 5.92 Å². The van der Waals surface area contributed by atoms with Crippen molar-refractivity contribution in [2.75, 3.05) is 13.2 Å². The number of esters is 1. The normalized spacial score (nSPS) is 12.3. The molecule has 0 heterocycles. The van der Waals surface area contributed by atoms with Crippen molar-refractivity contribution in [2.45, 2.75) is 46.1 Å². The van der Waals surface area contributed by atoms with Gasteiger partial charge in [0.25, 0.3) is 0 Å². The van der Waals surface area contributed by atoms with Crippen LogP contribution in [-0.4, -0.2) is 30.8 Å². The van der Waals surface area contributed by atoms with E-state index in [2.05, 4.69) is 5.32 Å². The lowest BCUT2D eigenvalue weighted by Gasteiger charge is -2.22. The largest absolute Gasteiger partial charge is 0.466 e. The summed E-state index contributed by atoms with van der Waals surface area (Å²) in [5, 5.41) is 2.74. The van der Waals surface area contributed by atoms with E-state index in [9.17, 15) is 9.59 Å². The molecule has 0 aliphatic rings. The SMILES string of the molecule is CCOC(=O)C[C@H](CNC(=O)OC(C)(C)C)Cc1ccccc1. The fourth-order valence-electron chi connectivity index (χ4n) is 2.16.